The SMILES string of the molecule is CC1=C(/C=C/C(C)=C/C=C/C(C)=C/CO)C(C)(C)CCC1.CC1=C(/C=C/C(C)=C/C=C/C(C)=C/COC(=O)CCCN(C)C)C(C)(C)CCC1.CN(C)CCCC(=O)O. The Bertz CT molecular complexity index is 1600. The molecule has 332 valence electrons. The predicted octanol–water partition coefficient (Wildman–Crippen LogP) is 12.3. The largest absolute Gasteiger partial charge is 0.481 e. The number of hydrogen-bond acceptors (Lipinski definition) is 6. The lowest BCUT2D eigenvalue weighted by Crippen LogP contribution is -2.19. The van der Waals surface area contributed by atoms with Gasteiger partial charge in [-0.3, -0.25) is 9.59 Å². The summed E-state index contributed by atoms with van der Waals surface area (Å²) in [6.07, 6.45) is 35.1. The molecule has 0 aliphatic heterocycles. The van der Waals surface area contributed by atoms with Crippen LogP contribution in [-0.2, 0) is 14.3 Å². The fourth-order valence-corrected chi connectivity index (χ4v) is 6.97. The molecule has 0 aromatic heterocycles. The summed E-state index contributed by atoms with van der Waals surface area (Å²) in [5.41, 5.74) is 11.3. The highest BCUT2D eigenvalue weighted by atomic mass is 16.5. The van der Waals surface area contributed by atoms with Gasteiger partial charge in [0.05, 0.1) is 6.61 Å². The molecule has 2 aliphatic carbocycles. The summed E-state index contributed by atoms with van der Waals surface area (Å²) >= 11 is 0. The average Bonchev–Trinajstić information content (AvgIpc) is 3.11. The molecular formula is C52H84N2O5. The summed E-state index contributed by atoms with van der Waals surface area (Å²) in [6, 6.07) is 0. The van der Waals surface area contributed by atoms with Crippen molar-refractivity contribution in [1.29, 1.82) is 0 Å². The fourth-order valence-electron chi connectivity index (χ4n) is 6.97. The van der Waals surface area contributed by atoms with Crippen LogP contribution in [0.4, 0.5) is 0 Å². The van der Waals surface area contributed by atoms with Gasteiger partial charge >= 0.3 is 11.9 Å². The summed E-state index contributed by atoms with van der Waals surface area (Å²) in [6.45, 7) is 24.4. The summed E-state index contributed by atoms with van der Waals surface area (Å²) in [4.78, 5) is 25.7. The third kappa shape index (κ3) is 27.6. The zero-order valence-corrected chi connectivity index (χ0v) is 39.8. The molecule has 0 aromatic rings. The quantitative estimate of drug-likeness (QED) is 0.0991. The van der Waals surface area contributed by atoms with Gasteiger partial charge in [-0.25, -0.2) is 0 Å². The molecule has 0 atom stereocenters. The maximum atomic E-state index is 11.7. The number of rotatable bonds is 19. The molecule has 2 N–H and O–H groups in total. The Hall–Kier alpha value is -3.78. The van der Waals surface area contributed by atoms with E-state index in [1.807, 2.05) is 71.2 Å². The molecule has 0 saturated carbocycles. The van der Waals surface area contributed by atoms with Crippen molar-refractivity contribution in [1.82, 2.24) is 9.80 Å². The lowest BCUT2D eigenvalue weighted by atomic mass is 9.72. The maximum absolute atomic E-state index is 11.7. The second kappa shape index (κ2) is 30.3. The van der Waals surface area contributed by atoms with Gasteiger partial charge in [0.1, 0.15) is 6.61 Å². The average molecular weight is 817 g/mol. The smallest absolute Gasteiger partial charge is 0.306 e. The highest BCUT2D eigenvalue weighted by Crippen LogP contribution is 2.41. The zero-order valence-electron chi connectivity index (χ0n) is 39.8. The van der Waals surface area contributed by atoms with Crippen LogP contribution < -0.4 is 0 Å². The van der Waals surface area contributed by atoms with Gasteiger partial charge in [0.25, 0.3) is 0 Å². The predicted molar refractivity (Wildman–Crippen MR) is 254 cm³/mol. The maximum Gasteiger partial charge on any atom is 0.306 e. The first-order valence-corrected chi connectivity index (χ1v) is 21.7. The van der Waals surface area contributed by atoms with Crippen LogP contribution >= 0.6 is 0 Å². The number of ether oxygens (including phenoxy) is 1. The number of carboxylic acids is 1. The van der Waals surface area contributed by atoms with Gasteiger partial charge < -0.3 is 24.7 Å². The van der Waals surface area contributed by atoms with Crippen molar-refractivity contribution in [2.45, 2.75) is 133 Å². The Morgan fingerprint density at radius 3 is 1.47 bits per heavy atom. The number of carbonyl (C=O) groups excluding carboxylic acids is 1. The van der Waals surface area contributed by atoms with Crippen LogP contribution in [0.3, 0.4) is 0 Å². The molecule has 59 heavy (non-hydrogen) atoms. The van der Waals surface area contributed by atoms with Crippen LogP contribution in [0.1, 0.15) is 133 Å². The number of esters is 1. The normalized spacial score (nSPS) is 18.0. The minimum Gasteiger partial charge on any atom is -0.481 e. The molecule has 0 heterocycles. The molecule has 2 aliphatic rings. The van der Waals surface area contributed by atoms with E-state index in [1.54, 1.807) is 6.08 Å². The molecule has 7 nitrogen and oxygen atoms in total. The summed E-state index contributed by atoms with van der Waals surface area (Å²) < 4.78 is 5.26. The first kappa shape index (κ1) is 55.2. The monoisotopic (exact) mass is 817 g/mol. The van der Waals surface area contributed by atoms with E-state index in [1.165, 1.54) is 72.0 Å². The van der Waals surface area contributed by atoms with Gasteiger partial charge in [-0.15, -0.1) is 0 Å². The van der Waals surface area contributed by atoms with Crippen molar-refractivity contribution in [3.63, 3.8) is 0 Å². The van der Waals surface area contributed by atoms with Crippen molar-refractivity contribution in [2.75, 3.05) is 54.5 Å². The number of carboxylic acid groups (broad SMARTS) is 1. The fraction of sp³-hybridized carbons (Fsp3) is 0.577. The molecule has 0 saturated heterocycles. The van der Waals surface area contributed by atoms with Crippen molar-refractivity contribution < 1.29 is 24.5 Å². The van der Waals surface area contributed by atoms with E-state index >= 15 is 0 Å². The van der Waals surface area contributed by atoms with Crippen LogP contribution in [-0.4, -0.2) is 86.4 Å². The number of aliphatic hydroxyl groups excluding tert-OH is 1. The molecule has 7 heteroatoms. The van der Waals surface area contributed by atoms with E-state index in [0.29, 0.717) is 18.4 Å². The zero-order chi connectivity index (χ0) is 45.0. The molecule has 0 bridgehead atoms. The lowest BCUT2D eigenvalue weighted by Gasteiger charge is -2.33. The molecule has 0 fully saturated rings. The van der Waals surface area contributed by atoms with Gasteiger partial charge in [0.2, 0.25) is 0 Å². The van der Waals surface area contributed by atoms with Crippen LogP contribution in [0.2, 0.25) is 0 Å². The summed E-state index contributed by atoms with van der Waals surface area (Å²) in [7, 11) is 7.87. The molecule has 0 amide bonds. The number of carbonyl (C=O) groups is 2. The van der Waals surface area contributed by atoms with Crippen molar-refractivity contribution in [3.05, 3.63) is 117 Å². The van der Waals surface area contributed by atoms with Crippen LogP contribution in [0, 0.1) is 10.8 Å². The second-order valence-electron chi connectivity index (χ2n) is 18.0. The van der Waals surface area contributed by atoms with Crippen LogP contribution in [0.5, 0.6) is 0 Å². The number of hydrogen-bond donors (Lipinski definition) is 2. The second-order valence-corrected chi connectivity index (χ2v) is 18.0. The van der Waals surface area contributed by atoms with Crippen molar-refractivity contribution in [2.24, 2.45) is 10.8 Å². The minimum atomic E-state index is -0.711. The Morgan fingerprint density at radius 2 is 1.08 bits per heavy atom. The number of nitrogens with zero attached hydrogens (tertiary/aromatic N) is 2. The number of allylic oxidation sites excluding steroid dienone is 18. The molecular weight excluding hydrogens is 733 g/mol. The molecule has 2 rings (SSSR count). The Labute approximate surface area is 361 Å². The third-order valence-electron chi connectivity index (χ3n) is 10.6. The van der Waals surface area contributed by atoms with E-state index in [-0.39, 0.29) is 24.4 Å². The Morgan fingerprint density at radius 1 is 0.661 bits per heavy atom. The van der Waals surface area contributed by atoms with Crippen LogP contribution in [0.25, 0.3) is 0 Å². The third-order valence-corrected chi connectivity index (χ3v) is 10.6. The minimum absolute atomic E-state index is 0.0985. The van der Waals surface area contributed by atoms with Gasteiger partial charge in [0, 0.05) is 12.8 Å². The summed E-state index contributed by atoms with van der Waals surface area (Å²) in [5.74, 6) is -0.840. The van der Waals surface area contributed by atoms with Crippen LogP contribution in [0.15, 0.2) is 117 Å². The van der Waals surface area contributed by atoms with E-state index in [2.05, 4.69) is 103 Å². The molecule has 0 unspecified atom stereocenters. The number of aliphatic hydroxyl groups is 1. The first-order chi connectivity index (χ1) is 27.6. The van der Waals surface area contributed by atoms with Gasteiger partial charge in [0.15, 0.2) is 0 Å². The highest BCUT2D eigenvalue weighted by Gasteiger charge is 2.27. The molecule has 0 aromatic carbocycles. The standard InChI is InChI=1S/C26H41NO2.C20H30O.C6H13NO2/c1-21(15-16-24-23(3)13-9-18-26(24,4)5)11-8-12-22(2)17-20-29-25(28)14-10-19-27(6)7;1-16(8-6-9-17(2)13-15-21)11-12-19-18(3)10-7-14-20(19,4)5;1-7(2)5-3-4-6(8)9/h8,11-12,15-17H,9-10,13-14,18-20H2,1-7H3;6,8-9,11-13,21H,7,10,14-15H2,1-5H3;3-5H2,1-2H3,(H,8,9)/b12-8+,16-15+,21-11+,22-17+;9-6+,12-11+,16-8+,17-13+;. The van der Waals surface area contributed by atoms with Gasteiger partial charge in [-0.2, -0.15) is 0 Å². The van der Waals surface area contributed by atoms with Crippen molar-refractivity contribution in [3.8, 4) is 0 Å². The van der Waals surface area contributed by atoms with Gasteiger partial charge in [-0.05, 0) is 162 Å². The van der Waals surface area contributed by atoms with Crippen molar-refractivity contribution >= 4 is 11.9 Å². The highest BCUT2D eigenvalue weighted by molar-refractivity contribution is 5.69. The topological polar surface area (TPSA) is 90.3 Å². The summed E-state index contributed by atoms with van der Waals surface area (Å²) in [5, 5.41) is 17.0. The van der Waals surface area contributed by atoms with E-state index < -0.39 is 5.97 Å². The molecule has 0 radical (unpaired) electrons. The Kier molecular flexibility index (Phi) is 28.3. The van der Waals surface area contributed by atoms with E-state index in [0.717, 1.165) is 37.1 Å². The van der Waals surface area contributed by atoms with E-state index in [4.69, 9.17) is 14.9 Å². The van der Waals surface area contributed by atoms with E-state index in [9.17, 15) is 9.59 Å². The number of aliphatic carboxylic acids is 1. The lowest BCUT2D eigenvalue weighted by molar-refractivity contribution is -0.142. The Balaban J connectivity index is 0.000000974. The van der Waals surface area contributed by atoms with Gasteiger partial charge in [-0.1, -0.05) is 128 Å². The first-order valence-electron chi connectivity index (χ1n) is 21.7. The molecule has 0 spiro atoms.